The van der Waals surface area contributed by atoms with Crippen molar-refractivity contribution in [1.29, 1.82) is 0 Å². The standard InChI is InChI=1S/C59H54N2/c1-2-40-34-39-16-15-17-41(35-39)59(40)54-24-11-8-21-47(54)51-37-44(28-31-55(51)59)60(43-27-30-53-50(36-43)46-20-7-10-23-52(46)58(53)32-13-4-14-33-58)45-26-29-49-48-22-9-12-25-56(48)61(57(49)38-45)42-18-5-3-6-19-42/h3,5-12,18-31,36-41H,2,4,13-17,32-35H2,1H3. The second kappa shape index (κ2) is 13.6. The van der Waals surface area contributed by atoms with Gasteiger partial charge in [-0.15, -0.1) is 0 Å². The van der Waals surface area contributed by atoms with Crippen LogP contribution in [0.4, 0.5) is 17.1 Å². The summed E-state index contributed by atoms with van der Waals surface area (Å²) < 4.78 is 2.46. The van der Waals surface area contributed by atoms with E-state index < -0.39 is 0 Å². The van der Waals surface area contributed by atoms with E-state index in [4.69, 9.17) is 0 Å². The van der Waals surface area contributed by atoms with Gasteiger partial charge in [-0.2, -0.15) is 0 Å². The molecule has 1 heterocycles. The lowest BCUT2D eigenvalue weighted by molar-refractivity contribution is 0.0557. The predicted octanol–water partition coefficient (Wildman–Crippen LogP) is 16.0. The molecule has 2 nitrogen and oxygen atoms in total. The van der Waals surface area contributed by atoms with Gasteiger partial charge in [0, 0.05) is 44.4 Å². The highest BCUT2D eigenvalue weighted by atomic mass is 15.1. The van der Waals surface area contributed by atoms with Crippen LogP contribution in [0.2, 0.25) is 0 Å². The molecule has 0 aliphatic heterocycles. The fourth-order valence-corrected chi connectivity index (χ4v) is 14.4. The molecule has 0 saturated heterocycles. The second-order valence-corrected chi connectivity index (χ2v) is 19.4. The topological polar surface area (TPSA) is 8.17 Å². The molecule has 0 amide bonds. The van der Waals surface area contributed by atoms with Gasteiger partial charge in [0.15, 0.2) is 0 Å². The summed E-state index contributed by atoms with van der Waals surface area (Å²) >= 11 is 0. The van der Waals surface area contributed by atoms with Gasteiger partial charge < -0.3 is 9.47 Å². The highest BCUT2D eigenvalue weighted by Gasteiger charge is 2.56. The maximum Gasteiger partial charge on any atom is 0.0561 e. The molecular formula is C59H54N2. The normalized spacial score (nSPS) is 22.9. The van der Waals surface area contributed by atoms with E-state index in [0.717, 1.165) is 5.92 Å². The summed E-state index contributed by atoms with van der Waals surface area (Å²) in [6, 6.07) is 61.2. The third-order valence-corrected chi connectivity index (χ3v) is 16.7. The first-order chi connectivity index (χ1) is 30.2. The Labute approximate surface area is 360 Å². The number of fused-ring (bicyclic) bond motifs is 16. The van der Waals surface area contributed by atoms with Gasteiger partial charge in [0.1, 0.15) is 0 Å². The lowest BCUT2D eigenvalue weighted by Crippen LogP contribution is -2.48. The van der Waals surface area contributed by atoms with Crippen LogP contribution in [0.25, 0.3) is 49.7 Å². The average molecular weight is 791 g/mol. The van der Waals surface area contributed by atoms with Gasteiger partial charge in [0.25, 0.3) is 0 Å². The lowest BCUT2D eigenvalue weighted by Gasteiger charge is -2.54. The van der Waals surface area contributed by atoms with Gasteiger partial charge >= 0.3 is 0 Å². The summed E-state index contributed by atoms with van der Waals surface area (Å²) in [6.45, 7) is 2.47. The minimum atomic E-state index is 0.0993. The highest BCUT2D eigenvalue weighted by Crippen LogP contribution is 2.65. The van der Waals surface area contributed by atoms with Crippen LogP contribution in [-0.2, 0) is 10.8 Å². The quantitative estimate of drug-likeness (QED) is 0.169. The molecular weight excluding hydrogens is 737 g/mol. The first-order valence-corrected chi connectivity index (χ1v) is 23.5. The van der Waals surface area contributed by atoms with E-state index in [1.54, 1.807) is 16.7 Å². The van der Waals surface area contributed by atoms with Crippen LogP contribution in [-0.4, -0.2) is 4.57 Å². The van der Waals surface area contributed by atoms with E-state index in [-0.39, 0.29) is 10.8 Å². The molecule has 5 aliphatic rings. The number of para-hydroxylation sites is 2. The van der Waals surface area contributed by atoms with E-state index in [0.29, 0.717) is 11.8 Å². The molecule has 8 aromatic rings. The molecule has 0 N–H and O–H groups in total. The van der Waals surface area contributed by atoms with Crippen molar-refractivity contribution in [2.75, 3.05) is 4.90 Å². The second-order valence-electron chi connectivity index (χ2n) is 19.4. The fourth-order valence-electron chi connectivity index (χ4n) is 14.4. The predicted molar refractivity (Wildman–Crippen MR) is 255 cm³/mol. The summed E-state index contributed by atoms with van der Waals surface area (Å²) in [5, 5.41) is 2.57. The first-order valence-electron chi connectivity index (χ1n) is 23.5. The first kappa shape index (κ1) is 35.9. The molecule has 7 aromatic carbocycles. The van der Waals surface area contributed by atoms with Crippen molar-refractivity contribution < 1.29 is 0 Å². The Morgan fingerprint density at radius 2 is 1.11 bits per heavy atom. The summed E-state index contributed by atoms with van der Waals surface area (Å²) in [7, 11) is 0. The van der Waals surface area contributed by atoms with Crippen LogP contribution in [0.1, 0.15) is 99.8 Å². The zero-order chi connectivity index (χ0) is 40.3. The summed E-state index contributed by atoms with van der Waals surface area (Å²) in [4.78, 5) is 2.59. The molecule has 3 fully saturated rings. The Bertz CT molecular complexity index is 3010. The Kier molecular flexibility index (Phi) is 7.98. The number of benzene rings is 7. The molecule has 300 valence electrons. The molecule has 1 aromatic heterocycles. The maximum absolute atomic E-state index is 2.59. The lowest BCUT2D eigenvalue weighted by atomic mass is 9.50. The zero-order valence-corrected chi connectivity index (χ0v) is 35.4. The number of anilines is 3. The average Bonchev–Trinajstić information content (AvgIpc) is 3.90. The van der Waals surface area contributed by atoms with E-state index in [1.165, 1.54) is 143 Å². The molecule has 61 heavy (non-hydrogen) atoms. The van der Waals surface area contributed by atoms with Gasteiger partial charge in [-0.1, -0.05) is 149 Å². The van der Waals surface area contributed by atoms with Gasteiger partial charge in [-0.3, -0.25) is 0 Å². The van der Waals surface area contributed by atoms with Gasteiger partial charge in [-0.05, 0) is 149 Å². The van der Waals surface area contributed by atoms with Crippen LogP contribution in [0, 0.1) is 17.8 Å². The molecule has 5 aliphatic carbocycles. The van der Waals surface area contributed by atoms with Crippen molar-refractivity contribution in [1.82, 2.24) is 4.57 Å². The molecule has 4 atom stereocenters. The van der Waals surface area contributed by atoms with Crippen LogP contribution in [0.5, 0.6) is 0 Å². The third-order valence-electron chi connectivity index (χ3n) is 16.7. The van der Waals surface area contributed by atoms with Crippen LogP contribution >= 0.6 is 0 Å². The SMILES string of the molecule is CCC1CC2CCCC(C2)C12c1ccccc1-c1cc(N(c3ccc4c(c3)-c3ccccc3C43CCCCC3)c3ccc4c5ccccc5n(-c5ccccc5)c4c3)ccc12. The van der Waals surface area contributed by atoms with E-state index >= 15 is 0 Å². The minimum Gasteiger partial charge on any atom is -0.310 e. The van der Waals surface area contributed by atoms with Crippen molar-refractivity contribution in [2.45, 2.75) is 88.4 Å². The molecule has 13 rings (SSSR count). The van der Waals surface area contributed by atoms with Crippen molar-refractivity contribution in [3.8, 4) is 27.9 Å². The number of hydrogen-bond acceptors (Lipinski definition) is 1. The molecule has 2 spiro atoms. The van der Waals surface area contributed by atoms with Gasteiger partial charge in [0.2, 0.25) is 0 Å². The van der Waals surface area contributed by atoms with Gasteiger partial charge in [-0.25, -0.2) is 0 Å². The van der Waals surface area contributed by atoms with Crippen molar-refractivity contribution >= 4 is 38.9 Å². The molecule has 3 saturated carbocycles. The van der Waals surface area contributed by atoms with Gasteiger partial charge in [0.05, 0.1) is 11.0 Å². The number of nitrogens with zero attached hydrogens (tertiary/aromatic N) is 2. The zero-order valence-electron chi connectivity index (χ0n) is 35.4. The fraction of sp³-hybridized carbons (Fsp3) is 0.288. The van der Waals surface area contributed by atoms with Crippen molar-refractivity contribution in [2.24, 2.45) is 17.8 Å². The molecule has 4 unspecified atom stereocenters. The number of hydrogen-bond donors (Lipinski definition) is 0. The number of rotatable bonds is 5. The van der Waals surface area contributed by atoms with E-state index in [9.17, 15) is 0 Å². The summed E-state index contributed by atoms with van der Waals surface area (Å²) in [6.07, 6.45) is 14.6. The largest absolute Gasteiger partial charge is 0.310 e. The molecule has 2 bridgehead atoms. The monoisotopic (exact) mass is 790 g/mol. The Balaban J connectivity index is 1.05. The van der Waals surface area contributed by atoms with Crippen molar-refractivity contribution in [3.05, 3.63) is 180 Å². The Morgan fingerprint density at radius 3 is 1.92 bits per heavy atom. The summed E-state index contributed by atoms with van der Waals surface area (Å²) in [5.41, 5.74) is 19.6. The third kappa shape index (κ3) is 4.97. The van der Waals surface area contributed by atoms with Crippen molar-refractivity contribution in [3.63, 3.8) is 0 Å². The smallest absolute Gasteiger partial charge is 0.0561 e. The molecule has 2 heteroatoms. The van der Waals surface area contributed by atoms with Crippen LogP contribution in [0.15, 0.2) is 158 Å². The summed E-state index contributed by atoms with van der Waals surface area (Å²) in [5.74, 6) is 2.27. The van der Waals surface area contributed by atoms with E-state index in [2.05, 4.69) is 174 Å². The Hall–Kier alpha value is -5.86. The Morgan fingerprint density at radius 1 is 0.508 bits per heavy atom. The highest BCUT2D eigenvalue weighted by molar-refractivity contribution is 6.10. The maximum atomic E-state index is 2.59. The minimum absolute atomic E-state index is 0.0993. The number of aromatic nitrogens is 1. The van der Waals surface area contributed by atoms with E-state index in [1.807, 2.05) is 0 Å². The molecule has 0 radical (unpaired) electrons. The van der Waals surface area contributed by atoms with Crippen LogP contribution in [0.3, 0.4) is 0 Å². The van der Waals surface area contributed by atoms with Crippen LogP contribution < -0.4 is 4.90 Å².